The summed E-state index contributed by atoms with van der Waals surface area (Å²) in [6, 6.07) is 0. The van der Waals surface area contributed by atoms with Gasteiger partial charge in [0.25, 0.3) is 0 Å². The van der Waals surface area contributed by atoms with Crippen LogP contribution in [0.3, 0.4) is 0 Å². The standard InChI is InChI=1S/C61H102O6/c1-4-7-10-13-16-19-22-25-28-30-32-33-36-39-42-45-48-51-54-60(63)66-57-58(56-65-59(62)53-50-47-44-41-38-35-27-24-21-18-15-12-9-6-3)67-61(64)55-52-49-46-43-40-37-34-31-29-26-23-20-17-14-11-8-5-2/h9,12,16-22,25-26,28-30,32-33,58H,4-8,10-11,13-15,23-24,27,31,34-57H2,1-3H3/b12-9-,19-16-,20-17-,21-18-,25-22-,29-26-,30-28-,33-32-. The fourth-order valence-corrected chi connectivity index (χ4v) is 7.46. The number of unbranched alkanes of at least 4 members (excludes halogenated alkanes) is 25. The van der Waals surface area contributed by atoms with Gasteiger partial charge in [-0.15, -0.1) is 0 Å². The van der Waals surface area contributed by atoms with E-state index in [0.717, 1.165) is 116 Å². The van der Waals surface area contributed by atoms with Gasteiger partial charge in [-0.05, 0) is 103 Å². The van der Waals surface area contributed by atoms with Crippen LogP contribution in [0.15, 0.2) is 97.2 Å². The van der Waals surface area contributed by atoms with Gasteiger partial charge in [0, 0.05) is 19.3 Å². The molecule has 0 spiro atoms. The lowest BCUT2D eigenvalue weighted by atomic mass is 10.1. The summed E-state index contributed by atoms with van der Waals surface area (Å²) in [5, 5.41) is 0. The Hall–Kier alpha value is -3.67. The summed E-state index contributed by atoms with van der Waals surface area (Å²) in [7, 11) is 0. The number of hydrogen-bond acceptors (Lipinski definition) is 6. The van der Waals surface area contributed by atoms with E-state index < -0.39 is 6.10 Å². The minimum Gasteiger partial charge on any atom is -0.462 e. The quantitative estimate of drug-likeness (QED) is 0.0199. The van der Waals surface area contributed by atoms with E-state index in [1.165, 1.54) is 96.3 Å². The van der Waals surface area contributed by atoms with Crippen molar-refractivity contribution in [1.82, 2.24) is 0 Å². The number of hydrogen-bond donors (Lipinski definition) is 0. The van der Waals surface area contributed by atoms with Crippen LogP contribution in [0, 0.1) is 0 Å². The Morgan fingerprint density at radius 3 is 1.03 bits per heavy atom. The Morgan fingerprint density at radius 1 is 0.328 bits per heavy atom. The number of carbonyl (C=O) groups is 3. The molecule has 0 saturated heterocycles. The molecule has 0 aromatic carbocycles. The maximum absolute atomic E-state index is 12.8. The molecule has 0 aliphatic carbocycles. The van der Waals surface area contributed by atoms with Crippen molar-refractivity contribution in [2.24, 2.45) is 0 Å². The fourth-order valence-electron chi connectivity index (χ4n) is 7.46. The third-order valence-corrected chi connectivity index (χ3v) is 11.6. The molecule has 0 bridgehead atoms. The molecule has 382 valence electrons. The normalized spacial score (nSPS) is 12.8. The molecule has 0 aliphatic heterocycles. The first-order chi connectivity index (χ1) is 33.0. The Balaban J connectivity index is 4.46. The van der Waals surface area contributed by atoms with Gasteiger partial charge in [-0.2, -0.15) is 0 Å². The summed E-state index contributed by atoms with van der Waals surface area (Å²) in [5.41, 5.74) is 0. The SMILES string of the molecule is CC/C=C\C/C=C\CCCCCCCCCC(=O)OCC(COC(=O)CCCCCCC\C=C/C=C\C=C/C=C\CCCCC)OC(=O)CCCCCCCCC/C=C\C/C=C\CCCCC. The summed E-state index contributed by atoms with van der Waals surface area (Å²) in [4.78, 5) is 38.1. The highest BCUT2D eigenvalue weighted by molar-refractivity contribution is 5.71. The van der Waals surface area contributed by atoms with Crippen molar-refractivity contribution in [3.05, 3.63) is 97.2 Å². The van der Waals surface area contributed by atoms with Crippen molar-refractivity contribution in [1.29, 1.82) is 0 Å². The summed E-state index contributed by atoms with van der Waals surface area (Å²) in [6.45, 7) is 6.44. The average Bonchev–Trinajstić information content (AvgIpc) is 3.33. The highest BCUT2D eigenvalue weighted by Gasteiger charge is 2.19. The zero-order valence-electron chi connectivity index (χ0n) is 43.6. The Labute approximate surface area is 413 Å². The van der Waals surface area contributed by atoms with Gasteiger partial charge in [0.1, 0.15) is 13.2 Å². The molecular weight excluding hydrogens is 829 g/mol. The molecule has 1 unspecified atom stereocenters. The predicted molar refractivity (Wildman–Crippen MR) is 288 cm³/mol. The second-order valence-corrected chi connectivity index (χ2v) is 18.2. The molecular formula is C61H102O6. The smallest absolute Gasteiger partial charge is 0.306 e. The number of carbonyl (C=O) groups excluding carboxylic acids is 3. The predicted octanol–water partition coefficient (Wildman–Crippen LogP) is 18.5. The lowest BCUT2D eigenvalue weighted by Gasteiger charge is -2.18. The Kier molecular flexibility index (Phi) is 51.9. The minimum absolute atomic E-state index is 0.0936. The van der Waals surface area contributed by atoms with Crippen molar-refractivity contribution in [3.8, 4) is 0 Å². The Bertz CT molecular complexity index is 1350. The number of ether oxygens (including phenoxy) is 3. The van der Waals surface area contributed by atoms with Gasteiger partial charge in [0.05, 0.1) is 0 Å². The van der Waals surface area contributed by atoms with Crippen LogP contribution in [0.5, 0.6) is 0 Å². The molecule has 0 saturated carbocycles. The maximum Gasteiger partial charge on any atom is 0.306 e. The first-order valence-corrected chi connectivity index (χ1v) is 27.8. The lowest BCUT2D eigenvalue weighted by Crippen LogP contribution is -2.30. The molecule has 0 amide bonds. The summed E-state index contributed by atoms with van der Waals surface area (Å²) < 4.78 is 16.8. The maximum atomic E-state index is 12.8. The molecule has 6 heteroatoms. The van der Waals surface area contributed by atoms with Gasteiger partial charge in [-0.3, -0.25) is 14.4 Å². The van der Waals surface area contributed by atoms with E-state index in [1.807, 2.05) is 0 Å². The molecule has 0 fully saturated rings. The second-order valence-electron chi connectivity index (χ2n) is 18.2. The molecule has 0 rings (SSSR count). The molecule has 1 atom stereocenters. The minimum atomic E-state index is -0.796. The van der Waals surface area contributed by atoms with E-state index >= 15 is 0 Å². The number of allylic oxidation sites excluding steroid dienone is 16. The van der Waals surface area contributed by atoms with Crippen LogP contribution in [0.2, 0.25) is 0 Å². The van der Waals surface area contributed by atoms with Gasteiger partial charge in [-0.1, -0.05) is 227 Å². The Morgan fingerprint density at radius 2 is 0.642 bits per heavy atom. The summed E-state index contributed by atoms with van der Waals surface area (Å²) in [6.07, 6.45) is 72.4. The van der Waals surface area contributed by atoms with Crippen molar-refractivity contribution >= 4 is 17.9 Å². The third-order valence-electron chi connectivity index (χ3n) is 11.6. The van der Waals surface area contributed by atoms with Crippen LogP contribution in [0.4, 0.5) is 0 Å². The summed E-state index contributed by atoms with van der Waals surface area (Å²) >= 11 is 0. The third kappa shape index (κ3) is 53.2. The topological polar surface area (TPSA) is 78.9 Å². The largest absolute Gasteiger partial charge is 0.462 e. The van der Waals surface area contributed by atoms with Gasteiger partial charge < -0.3 is 14.2 Å². The average molecular weight is 931 g/mol. The number of rotatable bonds is 49. The monoisotopic (exact) mass is 931 g/mol. The summed E-state index contributed by atoms with van der Waals surface area (Å²) in [5.74, 6) is -0.931. The first-order valence-electron chi connectivity index (χ1n) is 27.8. The van der Waals surface area contributed by atoms with E-state index in [-0.39, 0.29) is 31.1 Å². The highest BCUT2D eigenvalue weighted by Crippen LogP contribution is 2.14. The van der Waals surface area contributed by atoms with Crippen LogP contribution in [-0.4, -0.2) is 37.2 Å². The van der Waals surface area contributed by atoms with Crippen LogP contribution in [-0.2, 0) is 28.6 Å². The van der Waals surface area contributed by atoms with Crippen LogP contribution >= 0.6 is 0 Å². The highest BCUT2D eigenvalue weighted by atomic mass is 16.6. The van der Waals surface area contributed by atoms with E-state index in [2.05, 4.69) is 118 Å². The lowest BCUT2D eigenvalue weighted by molar-refractivity contribution is -0.167. The molecule has 0 aromatic heterocycles. The molecule has 6 nitrogen and oxygen atoms in total. The van der Waals surface area contributed by atoms with E-state index in [0.29, 0.717) is 19.3 Å². The molecule has 0 aliphatic rings. The van der Waals surface area contributed by atoms with Gasteiger partial charge in [-0.25, -0.2) is 0 Å². The van der Waals surface area contributed by atoms with Gasteiger partial charge in [0.2, 0.25) is 0 Å². The number of esters is 3. The fraction of sp³-hybridized carbons (Fsp3) is 0.689. The van der Waals surface area contributed by atoms with E-state index in [4.69, 9.17) is 14.2 Å². The van der Waals surface area contributed by atoms with E-state index in [1.54, 1.807) is 0 Å². The van der Waals surface area contributed by atoms with Crippen molar-refractivity contribution < 1.29 is 28.6 Å². The van der Waals surface area contributed by atoms with E-state index in [9.17, 15) is 14.4 Å². The molecule has 0 N–H and O–H groups in total. The molecule has 0 radical (unpaired) electrons. The van der Waals surface area contributed by atoms with Gasteiger partial charge >= 0.3 is 17.9 Å². The second kappa shape index (κ2) is 54.9. The molecule has 67 heavy (non-hydrogen) atoms. The first kappa shape index (κ1) is 63.3. The molecule has 0 aromatic rings. The molecule has 0 heterocycles. The van der Waals surface area contributed by atoms with Gasteiger partial charge in [0.15, 0.2) is 6.10 Å². The van der Waals surface area contributed by atoms with Crippen LogP contribution < -0.4 is 0 Å². The zero-order valence-corrected chi connectivity index (χ0v) is 43.6. The van der Waals surface area contributed by atoms with Crippen molar-refractivity contribution in [2.45, 2.75) is 258 Å². The van der Waals surface area contributed by atoms with Crippen LogP contribution in [0.25, 0.3) is 0 Å². The van der Waals surface area contributed by atoms with Crippen molar-refractivity contribution in [3.63, 3.8) is 0 Å². The zero-order chi connectivity index (χ0) is 48.6. The van der Waals surface area contributed by atoms with Crippen molar-refractivity contribution in [2.75, 3.05) is 13.2 Å². The van der Waals surface area contributed by atoms with Crippen LogP contribution in [0.1, 0.15) is 252 Å².